The standard InChI is InChI=1S/C14H15N3OS/c18-13(11-6-7-15-8-11)17-14-16-9-12(19-14)10-4-2-1-3-5-10/h1-5,9,11,15H,6-8H2,(H,16,17,18)/t11-/m0/s1. The van der Waals surface area contributed by atoms with Gasteiger partial charge in [-0.3, -0.25) is 4.79 Å². The van der Waals surface area contributed by atoms with Crippen molar-refractivity contribution >= 4 is 22.4 Å². The van der Waals surface area contributed by atoms with Crippen LogP contribution in [0.5, 0.6) is 0 Å². The van der Waals surface area contributed by atoms with E-state index in [4.69, 9.17) is 0 Å². The second-order valence-corrected chi connectivity index (χ2v) is 5.61. The number of rotatable bonds is 3. The van der Waals surface area contributed by atoms with Crippen LogP contribution in [0.1, 0.15) is 6.42 Å². The Morgan fingerprint density at radius 2 is 2.21 bits per heavy atom. The van der Waals surface area contributed by atoms with Crippen LogP contribution in [0, 0.1) is 5.92 Å². The van der Waals surface area contributed by atoms with E-state index in [-0.39, 0.29) is 11.8 Å². The molecule has 0 unspecified atom stereocenters. The van der Waals surface area contributed by atoms with Gasteiger partial charge in [-0.1, -0.05) is 41.7 Å². The summed E-state index contributed by atoms with van der Waals surface area (Å²) >= 11 is 1.51. The van der Waals surface area contributed by atoms with Crippen LogP contribution in [-0.2, 0) is 4.79 Å². The van der Waals surface area contributed by atoms with Crippen molar-refractivity contribution in [2.24, 2.45) is 5.92 Å². The van der Waals surface area contributed by atoms with Gasteiger partial charge in [-0.15, -0.1) is 0 Å². The van der Waals surface area contributed by atoms with Gasteiger partial charge in [-0.05, 0) is 18.5 Å². The van der Waals surface area contributed by atoms with Gasteiger partial charge >= 0.3 is 0 Å². The number of nitrogens with one attached hydrogen (secondary N) is 2. The fraction of sp³-hybridized carbons (Fsp3) is 0.286. The molecule has 1 atom stereocenters. The van der Waals surface area contributed by atoms with Gasteiger partial charge in [-0.25, -0.2) is 4.98 Å². The number of benzene rings is 1. The third kappa shape index (κ3) is 2.83. The monoisotopic (exact) mass is 273 g/mol. The molecule has 4 nitrogen and oxygen atoms in total. The number of nitrogens with zero attached hydrogens (tertiary/aromatic N) is 1. The average molecular weight is 273 g/mol. The first-order chi connectivity index (χ1) is 9.33. The zero-order chi connectivity index (χ0) is 13.1. The second kappa shape index (κ2) is 5.50. The van der Waals surface area contributed by atoms with E-state index in [2.05, 4.69) is 15.6 Å². The highest BCUT2D eigenvalue weighted by Crippen LogP contribution is 2.29. The van der Waals surface area contributed by atoms with Crippen LogP contribution in [0.25, 0.3) is 10.4 Å². The van der Waals surface area contributed by atoms with Crippen molar-refractivity contribution in [3.05, 3.63) is 36.5 Å². The van der Waals surface area contributed by atoms with Crippen LogP contribution < -0.4 is 10.6 Å². The summed E-state index contributed by atoms with van der Waals surface area (Å²) in [6.07, 6.45) is 2.71. The Hall–Kier alpha value is -1.72. The molecule has 98 valence electrons. The Morgan fingerprint density at radius 3 is 2.95 bits per heavy atom. The molecular formula is C14H15N3OS. The number of hydrogen-bond acceptors (Lipinski definition) is 4. The zero-order valence-electron chi connectivity index (χ0n) is 10.4. The predicted octanol–water partition coefficient (Wildman–Crippen LogP) is 2.36. The largest absolute Gasteiger partial charge is 0.316 e. The van der Waals surface area contributed by atoms with Gasteiger partial charge in [-0.2, -0.15) is 0 Å². The normalized spacial score (nSPS) is 18.4. The average Bonchev–Trinajstić information content (AvgIpc) is 3.11. The highest BCUT2D eigenvalue weighted by Gasteiger charge is 2.23. The highest BCUT2D eigenvalue weighted by molar-refractivity contribution is 7.19. The number of carbonyl (C=O) groups is 1. The second-order valence-electron chi connectivity index (χ2n) is 4.57. The lowest BCUT2D eigenvalue weighted by atomic mass is 10.1. The van der Waals surface area contributed by atoms with Crippen molar-refractivity contribution in [2.75, 3.05) is 18.4 Å². The number of aromatic nitrogens is 1. The van der Waals surface area contributed by atoms with Crippen molar-refractivity contribution in [1.82, 2.24) is 10.3 Å². The lowest BCUT2D eigenvalue weighted by Crippen LogP contribution is -2.24. The van der Waals surface area contributed by atoms with Crippen molar-refractivity contribution in [3.8, 4) is 10.4 Å². The number of amides is 1. The molecular weight excluding hydrogens is 258 g/mol. The minimum absolute atomic E-state index is 0.0685. The van der Waals surface area contributed by atoms with E-state index in [9.17, 15) is 4.79 Å². The van der Waals surface area contributed by atoms with E-state index in [1.807, 2.05) is 36.5 Å². The SMILES string of the molecule is O=C(Nc1ncc(-c2ccccc2)s1)[C@H]1CCNC1. The summed E-state index contributed by atoms with van der Waals surface area (Å²) in [5, 5.41) is 6.77. The van der Waals surface area contributed by atoms with Gasteiger partial charge < -0.3 is 10.6 Å². The Kier molecular flexibility index (Phi) is 3.57. The van der Waals surface area contributed by atoms with Gasteiger partial charge in [0.25, 0.3) is 0 Å². The molecule has 0 saturated carbocycles. The van der Waals surface area contributed by atoms with Gasteiger partial charge in [0, 0.05) is 12.7 Å². The van der Waals surface area contributed by atoms with E-state index in [0.29, 0.717) is 5.13 Å². The zero-order valence-corrected chi connectivity index (χ0v) is 11.2. The molecule has 1 fully saturated rings. The Balaban J connectivity index is 1.70. The number of thiazole rings is 1. The van der Waals surface area contributed by atoms with Crippen molar-refractivity contribution in [1.29, 1.82) is 0 Å². The van der Waals surface area contributed by atoms with Crippen LogP contribution in [0.15, 0.2) is 36.5 Å². The van der Waals surface area contributed by atoms with Gasteiger partial charge in [0.2, 0.25) is 5.91 Å². The van der Waals surface area contributed by atoms with E-state index < -0.39 is 0 Å². The summed E-state index contributed by atoms with van der Waals surface area (Å²) in [5.41, 5.74) is 1.13. The molecule has 1 aliphatic rings. The molecule has 1 saturated heterocycles. The topological polar surface area (TPSA) is 54.0 Å². The van der Waals surface area contributed by atoms with Crippen molar-refractivity contribution < 1.29 is 4.79 Å². The van der Waals surface area contributed by atoms with Crippen molar-refractivity contribution in [2.45, 2.75) is 6.42 Å². The summed E-state index contributed by atoms with van der Waals surface area (Å²) in [5.74, 6) is 0.142. The quantitative estimate of drug-likeness (QED) is 0.902. The molecule has 0 bridgehead atoms. The van der Waals surface area contributed by atoms with Gasteiger partial charge in [0.05, 0.1) is 10.8 Å². The first-order valence-electron chi connectivity index (χ1n) is 6.36. The lowest BCUT2D eigenvalue weighted by molar-refractivity contribution is -0.119. The Bertz CT molecular complexity index is 561. The summed E-state index contributed by atoms with van der Waals surface area (Å²) in [7, 11) is 0. The van der Waals surface area contributed by atoms with Crippen LogP contribution in [-0.4, -0.2) is 24.0 Å². The molecule has 5 heteroatoms. The molecule has 3 rings (SSSR count). The number of anilines is 1. The molecule has 0 spiro atoms. The summed E-state index contributed by atoms with van der Waals surface area (Å²) in [6.45, 7) is 1.69. The molecule has 1 aliphatic heterocycles. The first kappa shape index (κ1) is 12.3. The van der Waals surface area contributed by atoms with Crippen LogP contribution in [0.4, 0.5) is 5.13 Å². The molecule has 2 heterocycles. The third-order valence-corrected chi connectivity index (χ3v) is 4.19. The lowest BCUT2D eigenvalue weighted by Gasteiger charge is -2.06. The van der Waals surface area contributed by atoms with Crippen LogP contribution >= 0.6 is 11.3 Å². The van der Waals surface area contributed by atoms with E-state index >= 15 is 0 Å². The molecule has 2 aromatic rings. The maximum Gasteiger partial charge on any atom is 0.230 e. The molecule has 1 aromatic carbocycles. The summed E-state index contributed by atoms with van der Waals surface area (Å²) < 4.78 is 0. The van der Waals surface area contributed by atoms with Crippen molar-refractivity contribution in [3.63, 3.8) is 0 Å². The smallest absolute Gasteiger partial charge is 0.230 e. The minimum Gasteiger partial charge on any atom is -0.316 e. The molecule has 1 amide bonds. The van der Waals surface area contributed by atoms with E-state index in [1.165, 1.54) is 11.3 Å². The Morgan fingerprint density at radius 1 is 1.37 bits per heavy atom. The van der Waals surface area contributed by atoms with Gasteiger partial charge in [0.15, 0.2) is 5.13 Å². The fourth-order valence-corrected chi connectivity index (χ4v) is 2.98. The first-order valence-corrected chi connectivity index (χ1v) is 7.17. The van der Waals surface area contributed by atoms with E-state index in [1.54, 1.807) is 0 Å². The maximum absolute atomic E-state index is 12.0. The predicted molar refractivity (Wildman–Crippen MR) is 77.2 cm³/mol. The molecule has 1 aromatic heterocycles. The Labute approximate surface area is 115 Å². The fourth-order valence-electron chi connectivity index (χ4n) is 2.15. The van der Waals surface area contributed by atoms with E-state index in [0.717, 1.165) is 30.0 Å². The number of hydrogen-bond donors (Lipinski definition) is 2. The number of carbonyl (C=O) groups excluding carboxylic acids is 1. The summed E-state index contributed by atoms with van der Waals surface area (Å²) in [6, 6.07) is 10.1. The molecule has 2 N–H and O–H groups in total. The molecule has 19 heavy (non-hydrogen) atoms. The maximum atomic E-state index is 12.0. The van der Waals surface area contributed by atoms with Crippen LogP contribution in [0.3, 0.4) is 0 Å². The third-order valence-electron chi connectivity index (χ3n) is 3.23. The summed E-state index contributed by atoms with van der Waals surface area (Å²) in [4.78, 5) is 17.3. The van der Waals surface area contributed by atoms with Gasteiger partial charge in [0.1, 0.15) is 0 Å². The van der Waals surface area contributed by atoms with Crippen LogP contribution in [0.2, 0.25) is 0 Å². The molecule has 0 radical (unpaired) electrons. The molecule has 0 aliphatic carbocycles. The minimum atomic E-state index is 0.0685. The highest BCUT2D eigenvalue weighted by atomic mass is 32.1.